The summed E-state index contributed by atoms with van der Waals surface area (Å²) in [6, 6.07) is 6.36. The molecule has 0 saturated heterocycles. The van der Waals surface area contributed by atoms with Crippen molar-refractivity contribution < 1.29 is 9.18 Å². The Bertz CT molecular complexity index is 372. The highest BCUT2D eigenvalue weighted by Gasteiger charge is 2.16. The molecule has 88 valence electrons. The molecule has 0 spiro atoms. The first-order chi connectivity index (χ1) is 7.38. The summed E-state index contributed by atoms with van der Waals surface area (Å²) in [4.78, 5) is 11.4. The SMILES string of the molecule is CC(C)(N)CC(=O)NCc1ccccc1F. The number of nitrogens with two attached hydrogens (primary N) is 1. The van der Waals surface area contributed by atoms with Gasteiger partial charge >= 0.3 is 0 Å². The van der Waals surface area contributed by atoms with Gasteiger partial charge in [-0.25, -0.2) is 4.39 Å². The molecule has 1 amide bonds. The van der Waals surface area contributed by atoms with Crippen molar-refractivity contribution in [3.05, 3.63) is 35.6 Å². The minimum absolute atomic E-state index is 0.171. The van der Waals surface area contributed by atoms with Gasteiger partial charge in [-0.1, -0.05) is 18.2 Å². The topological polar surface area (TPSA) is 55.1 Å². The average molecular weight is 224 g/mol. The smallest absolute Gasteiger partial charge is 0.222 e. The van der Waals surface area contributed by atoms with Crippen LogP contribution in [0, 0.1) is 5.82 Å². The third-order valence-electron chi connectivity index (χ3n) is 2.05. The summed E-state index contributed by atoms with van der Waals surface area (Å²) < 4.78 is 13.2. The van der Waals surface area contributed by atoms with Crippen LogP contribution in [0.3, 0.4) is 0 Å². The molecule has 0 saturated carbocycles. The molecule has 4 heteroatoms. The van der Waals surface area contributed by atoms with E-state index >= 15 is 0 Å². The molecule has 16 heavy (non-hydrogen) atoms. The van der Waals surface area contributed by atoms with Crippen molar-refractivity contribution in [3.8, 4) is 0 Å². The zero-order chi connectivity index (χ0) is 12.2. The molecule has 0 aliphatic carbocycles. The Morgan fingerprint density at radius 3 is 2.62 bits per heavy atom. The number of hydrogen-bond acceptors (Lipinski definition) is 2. The molecule has 0 aliphatic rings. The number of halogens is 1. The highest BCUT2D eigenvalue weighted by atomic mass is 19.1. The van der Waals surface area contributed by atoms with Crippen LogP contribution in [0.1, 0.15) is 25.8 Å². The van der Waals surface area contributed by atoms with Gasteiger partial charge in [-0.2, -0.15) is 0 Å². The summed E-state index contributed by atoms with van der Waals surface area (Å²) in [7, 11) is 0. The van der Waals surface area contributed by atoms with E-state index in [0.717, 1.165) is 0 Å². The highest BCUT2D eigenvalue weighted by Crippen LogP contribution is 2.07. The van der Waals surface area contributed by atoms with E-state index in [2.05, 4.69) is 5.32 Å². The quantitative estimate of drug-likeness (QED) is 0.815. The predicted octanol–water partition coefficient (Wildman–Crippen LogP) is 1.57. The fourth-order valence-corrected chi connectivity index (χ4v) is 1.31. The largest absolute Gasteiger partial charge is 0.352 e. The highest BCUT2D eigenvalue weighted by molar-refractivity contribution is 5.77. The maximum Gasteiger partial charge on any atom is 0.222 e. The van der Waals surface area contributed by atoms with Crippen LogP contribution in [0.5, 0.6) is 0 Å². The zero-order valence-electron chi connectivity index (χ0n) is 9.59. The van der Waals surface area contributed by atoms with E-state index in [9.17, 15) is 9.18 Å². The number of hydrogen-bond donors (Lipinski definition) is 2. The summed E-state index contributed by atoms with van der Waals surface area (Å²) in [5, 5.41) is 2.64. The molecule has 1 aromatic carbocycles. The van der Waals surface area contributed by atoms with Crippen LogP contribution in [0.25, 0.3) is 0 Å². The van der Waals surface area contributed by atoms with E-state index in [1.54, 1.807) is 32.0 Å². The third-order valence-corrected chi connectivity index (χ3v) is 2.05. The Morgan fingerprint density at radius 2 is 2.06 bits per heavy atom. The number of carbonyl (C=O) groups is 1. The monoisotopic (exact) mass is 224 g/mol. The van der Waals surface area contributed by atoms with Crippen LogP contribution in [-0.4, -0.2) is 11.4 Å². The Hall–Kier alpha value is -1.42. The molecular formula is C12H17FN2O. The van der Waals surface area contributed by atoms with Gasteiger partial charge in [0.15, 0.2) is 0 Å². The van der Waals surface area contributed by atoms with Crippen molar-refractivity contribution in [2.45, 2.75) is 32.4 Å². The van der Waals surface area contributed by atoms with Crippen LogP contribution in [0.15, 0.2) is 24.3 Å². The lowest BCUT2D eigenvalue weighted by molar-refractivity contribution is -0.122. The molecule has 3 nitrogen and oxygen atoms in total. The van der Waals surface area contributed by atoms with Gasteiger partial charge in [0.1, 0.15) is 5.82 Å². The Balaban J connectivity index is 2.47. The van der Waals surface area contributed by atoms with Crippen molar-refractivity contribution in [2.75, 3.05) is 0 Å². The molecule has 0 atom stereocenters. The molecule has 0 bridgehead atoms. The average Bonchev–Trinajstić information content (AvgIpc) is 2.14. The maximum absolute atomic E-state index is 13.2. The van der Waals surface area contributed by atoms with Gasteiger partial charge < -0.3 is 11.1 Å². The second-order valence-corrected chi connectivity index (χ2v) is 4.53. The van der Waals surface area contributed by atoms with Crippen LogP contribution in [-0.2, 0) is 11.3 Å². The fourth-order valence-electron chi connectivity index (χ4n) is 1.31. The number of rotatable bonds is 4. The van der Waals surface area contributed by atoms with Gasteiger partial charge in [0.05, 0.1) is 0 Å². The minimum atomic E-state index is -0.542. The summed E-state index contributed by atoms with van der Waals surface area (Å²) in [6.45, 7) is 3.74. The number of amides is 1. The van der Waals surface area contributed by atoms with Crippen molar-refractivity contribution in [1.82, 2.24) is 5.32 Å². The van der Waals surface area contributed by atoms with Crippen LogP contribution in [0.2, 0.25) is 0 Å². The third kappa shape index (κ3) is 4.40. The van der Waals surface area contributed by atoms with Gasteiger partial charge in [-0.05, 0) is 19.9 Å². The van der Waals surface area contributed by atoms with Crippen molar-refractivity contribution in [3.63, 3.8) is 0 Å². The van der Waals surface area contributed by atoms with Crippen molar-refractivity contribution >= 4 is 5.91 Å². The number of benzene rings is 1. The lowest BCUT2D eigenvalue weighted by atomic mass is 10.0. The fraction of sp³-hybridized carbons (Fsp3) is 0.417. The molecule has 0 aromatic heterocycles. The van der Waals surface area contributed by atoms with E-state index in [4.69, 9.17) is 5.73 Å². The molecule has 1 rings (SSSR count). The summed E-state index contributed by atoms with van der Waals surface area (Å²) in [5.74, 6) is -0.481. The summed E-state index contributed by atoms with van der Waals surface area (Å²) in [5.41, 5.74) is 5.64. The van der Waals surface area contributed by atoms with Gasteiger partial charge in [0, 0.05) is 24.1 Å². The molecule has 0 radical (unpaired) electrons. The van der Waals surface area contributed by atoms with E-state index in [-0.39, 0.29) is 24.7 Å². The zero-order valence-corrected chi connectivity index (χ0v) is 9.59. The molecular weight excluding hydrogens is 207 g/mol. The van der Waals surface area contributed by atoms with Gasteiger partial charge in [0.2, 0.25) is 5.91 Å². The molecule has 0 heterocycles. The first-order valence-electron chi connectivity index (χ1n) is 5.17. The Labute approximate surface area is 94.8 Å². The molecule has 0 fully saturated rings. The standard InChI is InChI=1S/C12H17FN2O/c1-12(2,14)7-11(16)15-8-9-5-3-4-6-10(9)13/h3-6H,7-8,14H2,1-2H3,(H,15,16). The van der Waals surface area contributed by atoms with E-state index in [0.29, 0.717) is 5.56 Å². The summed E-state index contributed by atoms with van der Waals surface area (Å²) >= 11 is 0. The van der Waals surface area contributed by atoms with Crippen LogP contribution in [0.4, 0.5) is 4.39 Å². The normalized spacial score (nSPS) is 11.2. The first-order valence-corrected chi connectivity index (χ1v) is 5.17. The maximum atomic E-state index is 13.2. The van der Waals surface area contributed by atoms with Gasteiger partial charge in [-0.15, -0.1) is 0 Å². The number of carbonyl (C=O) groups excluding carboxylic acids is 1. The van der Waals surface area contributed by atoms with E-state index < -0.39 is 5.54 Å². The van der Waals surface area contributed by atoms with Gasteiger partial charge in [-0.3, -0.25) is 4.79 Å². The van der Waals surface area contributed by atoms with E-state index in [1.165, 1.54) is 6.07 Å². The first kappa shape index (κ1) is 12.6. The van der Waals surface area contributed by atoms with E-state index in [1.807, 2.05) is 0 Å². The second-order valence-electron chi connectivity index (χ2n) is 4.53. The molecule has 3 N–H and O–H groups in total. The Kier molecular flexibility index (Phi) is 4.01. The van der Waals surface area contributed by atoms with Crippen molar-refractivity contribution in [2.24, 2.45) is 5.73 Å². The predicted molar refractivity (Wildman–Crippen MR) is 61.1 cm³/mol. The lowest BCUT2D eigenvalue weighted by Gasteiger charge is -2.17. The van der Waals surface area contributed by atoms with Gasteiger partial charge in [0.25, 0.3) is 0 Å². The number of nitrogens with one attached hydrogen (secondary N) is 1. The summed E-state index contributed by atoms with van der Waals surface area (Å²) in [6.07, 6.45) is 0.224. The minimum Gasteiger partial charge on any atom is -0.352 e. The lowest BCUT2D eigenvalue weighted by Crippen LogP contribution is -2.38. The van der Waals surface area contributed by atoms with Crippen LogP contribution < -0.4 is 11.1 Å². The molecule has 0 aliphatic heterocycles. The second kappa shape index (κ2) is 5.07. The molecule has 0 unspecified atom stereocenters. The van der Waals surface area contributed by atoms with Crippen LogP contribution >= 0.6 is 0 Å². The Morgan fingerprint density at radius 1 is 1.44 bits per heavy atom. The van der Waals surface area contributed by atoms with Crippen molar-refractivity contribution in [1.29, 1.82) is 0 Å². The molecule has 1 aromatic rings.